The predicted octanol–water partition coefficient (Wildman–Crippen LogP) is 13.4. The Labute approximate surface area is 325 Å². The summed E-state index contributed by atoms with van der Waals surface area (Å²) in [5.41, 5.74) is 0. The Hall–Kier alpha value is -3.15. The van der Waals surface area contributed by atoms with Gasteiger partial charge in [0.2, 0.25) is 0 Å². The van der Waals surface area contributed by atoms with Crippen LogP contribution < -0.4 is 0 Å². The molecule has 0 rings (SSSR count). The highest BCUT2D eigenvalue weighted by Gasteiger charge is 2.21. The highest BCUT2D eigenvalue weighted by Crippen LogP contribution is 2.14. The maximum atomic E-state index is 12.7. The molecule has 2 atom stereocenters. The number of carbonyl (C=O) groups is 3. The molecule has 6 heteroatoms. The van der Waals surface area contributed by atoms with Crippen molar-refractivity contribution in [2.24, 2.45) is 5.92 Å². The monoisotopic (exact) mass is 739 g/mol. The van der Waals surface area contributed by atoms with Gasteiger partial charge in [0.1, 0.15) is 13.2 Å². The van der Waals surface area contributed by atoms with Gasteiger partial charge in [-0.15, -0.1) is 0 Å². The maximum Gasteiger partial charge on any atom is 0.308 e. The first kappa shape index (κ1) is 49.9. The summed E-state index contributed by atoms with van der Waals surface area (Å²) in [6.45, 7) is 8.09. The van der Waals surface area contributed by atoms with Crippen molar-refractivity contribution >= 4 is 17.9 Å². The lowest BCUT2D eigenvalue weighted by molar-refractivity contribution is -0.168. The molecule has 0 aromatic rings. The van der Waals surface area contributed by atoms with Crippen molar-refractivity contribution in [2.45, 2.75) is 188 Å². The van der Waals surface area contributed by atoms with Crippen LogP contribution in [0.15, 0.2) is 72.9 Å². The minimum atomic E-state index is -0.797. The van der Waals surface area contributed by atoms with Crippen LogP contribution in [-0.2, 0) is 28.6 Å². The second kappa shape index (κ2) is 40.0. The van der Waals surface area contributed by atoms with Crippen LogP contribution in [0.1, 0.15) is 182 Å². The average Bonchev–Trinajstić information content (AvgIpc) is 3.15. The normalized spacial score (nSPS) is 13.4. The number of hydrogen-bond donors (Lipinski definition) is 0. The van der Waals surface area contributed by atoms with Crippen LogP contribution in [0.25, 0.3) is 0 Å². The molecule has 0 saturated heterocycles. The fourth-order valence-electron chi connectivity index (χ4n) is 5.53. The molecule has 0 amide bonds. The van der Waals surface area contributed by atoms with Gasteiger partial charge >= 0.3 is 17.9 Å². The van der Waals surface area contributed by atoms with E-state index >= 15 is 0 Å². The van der Waals surface area contributed by atoms with E-state index < -0.39 is 6.10 Å². The van der Waals surface area contributed by atoms with Gasteiger partial charge in [-0.1, -0.05) is 158 Å². The predicted molar refractivity (Wildman–Crippen MR) is 224 cm³/mol. The van der Waals surface area contributed by atoms with Crippen molar-refractivity contribution in [3.63, 3.8) is 0 Å². The van der Waals surface area contributed by atoms with Gasteiger partial charge in [0.15, 0.2) is 6.10 Å². The number of carbonyl (C=O) groups excluding carboxylic acids is 3. The van der Waals surface area contributed by atoms with E-state index in [1.807, 2.05) is 6.92 Å². The van der Waals surface area contributed by atoms with Crippen LogP contribution in [0.5, 0.6) is 0 Å². The summed E-state index contributed by atoms with van der Waals surface area (Å²) < 4.78 is 16.7. The second-order valence-corrected chi connectivity index (χ2v) is 14.0. The average molecular weight is 739 g/mol. The SMILES string of the molecule is CC/C=C\C/C=C\C/C=C\CCCCCCCC(=O)OCC(COC(=O)C(C)CCCCC)OC(=O)CCCCCCC/C=C\C/C=C\C/C=C\CC. The summed E-state index contributed by atoms with van der Waals surface area (Å²) in [4.78, 5) is 37.7. The molecule has 0 bridgehead atoms. The van der Waals surface area contributed by atoms with Gasteiger partial charge in [0.25, 0.3) is 0 Å². The summed E-state index contributed by atoms with van der Waals surface area (Å²) in [5, 5.41) is 0. The van der Waals surface area contributed by atoms with E-state index in [1.165, 1.54) is 0 Å². The van der Waals surface area contributed by atoms with Crippen LogP contribution in [0.4, 0.5) is 0 Å². The van der Waals surface area contributed by atoms with Crippen LogP contribution in [-0.4, -0.2) is 37.2 Å². The molecule has 0 aromatic carbocycles. The molecule has 0 aliphatic rings. The molecule has 53 heavy (non-hydrogen) atoms. The van der Waals surface area contributed by atoms with Gasteiger partial charge < -0.3 is 14.2 Å². The first-order valence-electron chi connectivity index (χ1n) is 21.4. The van der Waals surface area contributed by atoms with Crippen molar-refractivity contribution in [3.05, 3.63) is 72.9 Å². The minimum absolute atomic E-state index is 0.0990. The Morgan fingerprint density at radius 1 is 0.472 bits per heavy atom. The van der Waals surface area contributed by atoms with Gasteiger partial charge in [-0.2, -0.15) is 0 Å². The quantitative estimate of drug-likeness (QED) is 0.0276. The fraction of sp³-hybridized carbons (Fsp3) is 0.681. The van der Waals surface area contributed by atoms with Crippen LogP contribution in [0.3, 0.4) is 0 Å². The van der Waals surface area contributed by atoms with E-state index in [-0.39, 0.29) is 37.0 Å². The zero-order valence-electron chi connectivity index (χ0n) is 34.4. The van der Waals surface area contributed by atoms with Gasteiger partial charge in [0, 0.05) is 12.8 Å². The summed E-state index contributed by atoms with van der Waals surface area (Å²) in [6.07, 6.45) is 48.8. The van der Waals surface area contributed by atoms with E-state index in [2.05, 4.69) is 93.7 Å². The standard InChI is InChI=1S/C47H78O6/c1-5-8-11-13-15-17-19-21-23-25-27-29-31-33-36-39-45(48)51-41-44(42-52-47(50)43(4)38-35-10-7-3)53-46(49)40-37-34-32-30-28-26-24-22-20-18-16-14-12-9-6-2/h8-9,11-12,15-18,21-24,43-44H,5-7,10,13-14,19-20,25-42H2,1-4H3/b11-8-,12-9-,17-15-,18-16-,23-21-,24-22-. The third-order valence-corrected chi connectivity index (χ3v) is 8.85. The van der Waals surface area contributed by atoms with Crippen molar-refractivity contribution in [1.82, 2.24) is 0 Å². The molecule has 0 radical (unpaired) electrons. The number of unbranched alkanes of at least 4 members (excludes halogenated alkanes) is 12. The molecule has 0 N–H and O–H groups in total. The van der Waals surface area contributed by atoms with Crippen molar-refractivity contribution in [1.29, 1.82) is 0 Å². The molecule has 0 aliphatic heterocycles. The fourth-order valence-corrected chi connectivity index (χ4v) is 5.53. The molecule has 302 valence electrons. The third-order valence-electron chi connectivity index (χ3n) is 8.85. The van der Waals surface area contributed by atoms with Gasteiger partial charge in [-0.05, 0) is 83.5 Å². The molecule has 0 heterocycles. The summed E-state index contributed by atoms with van der Waals surface area (Å²) >= 11 is 0. The van der Waals surface area contributed by atoms with Gasteiger partial charge in [-0.25, -0.2) is 0 Å². The summed E-state index contributed by atoms with van der Waals surface area (Å²) in [6, 6.07) is 0. The van der Waals surface area contributed by atoms with Gasteiger partial charge in [-0.3, -0.25) is 14.4 Å². The molecular formula is C47H78O6. The maximum absolute atomic E-state index is 12.7. The Bertz CT molecular complexity index is 1050. The first-order chi connectivity index (χ1) is 25.9. The van der Waals surface area contributed by atoms with Gasteiger partial charge in [0.05, 0.1) is 5.92 Å². The topological polar surface area (TPSA) is 78.9 Å². The number of esters is 3. The molecular weight excluding hydrogens is 661 g/mol. The Balaban J connectivity index is 4.38. The smallest absolute Gasteiger partial charge is 0.308 e. The van der Waals surface area contributed by atoms with Crippen LogP contribution in [0.2, 0.25) is 0 Å². The molecule has 0 spiro atoms. The van der Waals surface area contributed by atoms with E-state index in [1.54, 1.807) is 0 Å². The molecule has 0 aliphatic carbocycles. The van der Waals surface area contributed by atoms with E-state index in [0.29, 0.717) is 12.8 Å². The lowest BCUT2D eigenvalue weighted by Crippen LogP contribution is -2.31. The molecule has 0 fully saturated rings. The molecule has 0 saturated carbocycles. The highest BCUT2D eigenvalue weighted by atomic mass is 16.6. The Morgan fingerprint density at radius 2 is 0.906 bits per heavy atom. The lowest BCUT2D eigenvalue weighted by atomic mass is 10.0. The van der Waals surface area contributed by atoms with Crippen molar-refractivity contribution in [2.75, 3.05) is 13.2 Å². The summed E-state index contributed by atoms with van der Waals surface area (Å²) in [7, 11) is 0. The van der Waals surface area contributed by atoms with E-state index in [4.69, 9.17) is 14.2 Å². The van der Waals surface area contributed by atoms with Crippen LogP contribution >= 0.6 is 0 Å². The Kier molecular flexibility index (Phi) is 37.7. The highest BCUT2D eigenvalue weighted by molar-refractivity contribution is 5.72. The first-order valence-corrected chi connectivity index (χ1v) is 21.4. The molecule has 0 aromatic heterocycles. The lowest BCUT2D eigenvalue weighted by Gasteiger charge is -2.19. The molecule has 2 unspecified atom stereocenters. The summed E-state index contributed by atoms with van der Waals surface area (Å²) in [5.74, 6) is -1.17. The van der Waals surface area contributed by atoms with Crippen molar-refractivity contribution in [3.8, 4) is 0 Å². The van der Waals surface area contributed by atoms with Crippen molar-refractivity contribution < 1.29 is 28.6 Å². The molecule has 6 nitrogen and oxygen atoms in total. The van der Waals surface area contributed by atoms with E-state index in [0.717, 1.165) is 141 Å². The second-order valence-electron chi connectivity index (χ2n) is 14.0. The van der Waals surface area contributed by atoms with Crippen LogP contribution in [0, 0.1) is 5.92 Å². The zero-order valence-corrected chi connectivity index (χ0v) is 34.4. The minimum Gasteiger partial charge on any atom is -0.462 e. The largest absolute Gasteiger partial charge is 0.462 e. The number of ether oxygens (including phenoxy) is 3. The number of hydrogen-bond acceptors (Lipinski definition) is 6. The number of rotatable bonds is 36. The third kappa shape index (κ3) is 37.0. The number of allylic oxidation sites excluding steroid dienone is 12. The Morgan fingerprint density at radius 3 is 1.42 bits per heavy atom. The van der Waals surface area contributed by atoms with E-state index in [9.17, 15) is 14.4 Å². The zero-order chi connectivity index (χ0) is 38.9.